The Morgan fingerprint density at radius 2 is 1.56 bits per heavy atom. The van der Waals surface area contributed by atoms with E-state index in [2.05, 4.69) is 5.32 Å². The van der Waals surface area contributed by atoms with Gasteiger partial charge in [0.25, 0.3) is 5.91 Å². The summed E-state index contributed by atoms with van der Waals surface area (Å²) in [5, 5.41) is 2.84. The largest absolute Gasteiger partial charge is 0.349 e. The molecule has 2 heteroatoms. The zero-order valence-electron chi connectivity index (χ0n) is 10.0. The van der Waals surface area contributed by atoms with Crippen molar-refractivity contribution in [2.24, 2.45) is 0 Å². The summed E-state index contributed by atoms with van der Waals surface area (Å²) in [6.07, 6.45) is 3.93. The smallest absolute Gasteiger partial charge is 0.251 e. The summed E-state index contributed by atoms with van der Waals surface area (Å²) < 4.78 is 0. The van der Waals surface area contributed by atoms with Crippen LogP contribution >= 0.6 is 0 Å². The van der Waals surface area contributed by atoms with Crippen LogP contribution in [0.5, 0.6) is 0 Å². The Bertz CT molecular complexity index is 517. The first kappa shape index (κ1) is 12.1. The van der Waals surface area contributed by atoms with Crippen molar-refractivity contribution in [2.45, 2.75) is 0 Å². The third-order valence-corrected chi connectivity index (χ3v) is 2.53. The summed E-state index contributed by atoms with van der Waals surface area (Å²) in [6, 6.07) is 19.2. The third kappa shape index (κ3) is 3.59. The minimum absolute atomic E-state index is 0.0479. The van der Waals surface area contributed by atoms with Crippen molar-refractivity contribution < 1.29 is 4.79 Å². The molecule has 0 atom stereocenters. The molecule has 2 rings (SSSR count). The Hall–Kier alpha value is -2.35. The second-order valence-corrected chi connectivity index (χ2v) is 3.89. The van der Waals surface area contributed by atoms with Gasteiger partial charge in [-0.05, 0) is 17.7 Å². The molecule has 90 valence electrons. The Labute approximate surface area is 107 Å². The second kappa shape index (κ2) is 6.40. The summed E-state index contributed by atoms with van der Waals surface area (Å²) in [4.78, 5) is 11.7. The van der Waals surface area contributed by atoms with Crippen LogP contribution in [0.4, 0.5) is 0 Å². The van der Waals surface area contributed by atoms with Crippen molar-refractivity contribution in [1.29, 1.82) is 0 Å². The molecule has 0 heterocycles. The van der Waals surface area contributed by atoms with Gasteiger partial charge in [-0.2, -0.15) is 0 Å². The standard InChI is InChI=1S/C16H15NO/c18-16(15-11-5-2-6-12-15)17-13-7-10-14-8-3-1-4-9-14/h1-12H,13H2,(H,17,18)/b10-7+. The molecule has 0 saturated heterocycles. The van der Waals surface area contributed by atoms with Gasteiger partial charge in [-0.3, -0.25) is 4.79 Å². The van der Waals surface area contributed by atoms with E-state index in [0.717, 1.165) is 5.56 Å². The minimum atomic E-state index is -0.0479. The van der Waals surface area contributed by atoms with Gasteiger partial charge in [0, 0.05) is 12.1 Å². The highest BCUT2D eigenvalue weighted by atomic mass is 16.1. The van der Waals surface area contributed by atoms with Crippen molar-refractivity contribution in [1.82, 2.24) is 5.32 Å². The Balaban J connectivity index is 1.83. The van der Waals surface area contributed by atoms with Crippen molar-refractivity contribution in [2.75, 3.05) is 6.54 Å². The maximum atomic E-state index is 11.7. The molecule has 1 amide bonds. The molecule has 0 spiro atoms. The van der Waals surface area contributed by atoms with Crippen LogP contribution in [0, 0.1) is 0 Å². The minimum Gasteiger partial charge on any atom is -0.349 e. The highest BCUT2D eigenvalue weighted by molar-refractivity contribution is 5.94. The van der Waals surface area contributed by atoms with E-state index < -0.39 is 0 Å². The van der Waals surface area contributed by atoms with Crippen LogP contribution in [0.1, 0.15) is 15.9 Å². The maximum Gasteiger partial charge on any atom is 0.251 e. The molecular formula is C16H15NO. The zero-order chi connectivity index (χ0) is 12.6. The van der Waals surface area contributed by atoms with E-state index in [1.165, 1.54) is 0 Å². The maximum absolute atomic E-state index is 11.7. The molecule has 0 bridgehead atoms. The molecule has 0 aliphatic rings. The van der Waals surface area contributed by atoms with E-state index in [9.17, 15) is 4.79 Å². The molecule has 2 aromatic carbocycles. The lowest BCUT2D eigenvalue weighted by atomic mass is 10.2. The van der Waals surface area contributed by atoms with E-state index in [1.54, 1.807) is 12.1 Å². The highest BCUT2D eigenvalue weighted by Crippen LogP contribution is 2.00. The van der Waals surface area contributed by atoms with E-state index in [1.807, 2.05) is 60.7 Å². The van der Waals surface area contributed by atoms with Crippen LogP contribution in [0.15, 0.2) is 66.7 Å². The number of benzene rings is 2. The molecule has 0 unspecified atom stereocenters. The summed E-state index contributed by atoms with van der Waals surface area (Å²) in [6.45, 7) is 0.530. The molecule has 18 heavy (non-hydrogen) atoms. The number of amides is 1. The molecule has 0 radical (unpaired) electrons. The molecule has 0 aliphatic carbocycles. The first-order valence-corrected chi connectivity index (χ1v) is 5.91. The zero-order valence-corrected chi connectivity index (χ0v) is 10.0. The molecular weight excluding hydrogens is 222 g/mol. The quantitative estimate of drug-likeness (QED) is 0.869. The average molecular weight is 237 g/mol. The van der Waals surface area contributed by atoms with Crippen LogP contribution in [0.3, 0.4) is 0 Å². The van der Waals surface area contributed by atoms with Gasteiger partial charge in [0.2, 0.25) is 0 Å². The Morgan fingerprint density at radius 3 is 2.22 bits per heavy atom. The summed E-state index contributed by atoms with van der Waals surface area (Å²) in [5.41, 5.74) is 1.82. The Morgan fingerprint density at radius 1 is 0.944 bits per heavy atom. The lowest BCUT2D eigenvalue weighted by Gasteiger charge is -2.01. The molecule has 0 aliphatic heterocycles. The fourth-order valence-electron chi connectivity index (χ4n) is 1.60. The molecule has 0 saturated carbocycles. The number of rotatable bonds is 4. The van der Waals surface area contributed by atoms with Gasteiger partial charge >= 0.3 is 0 Å². The number of hydrogen-bond donors (Lipinski definition) is 1. The van der Waals surface area contributed by atoms with Crippen molar-refractivity contribution in [3.63, 3.8) is 0 Å². The lowest BCUT2D eigenvalue weighted by molar-refractivity contribution is 0.0958. The van der Waals surface area contributed by atoms with E-state index in [-0.39, 0.29) is 5.91 Å². The van der Waals surface area contributed by atoms with Crippen molar-refractivity contribution in [3.8, 4) is 0 Å². The predicted molar refractivity (Wildman–Crippen MR) is 74.3 cm³/mol. The fraction of sp³-hybridized carbons (Fsp3) is 0.0625. The molecule has 0 aromatic heterocycles. The average Bonchev–Trinajstić information content (AvgIpc) is 2.45. The predicted octanol–water partition coefficient (Wildman–Crippen LogP) is 3.13. The van der Waals surface area contributed by atoms with Gasteiger partial charge in [-0.15, -0.1) is 0 Å². The SMILES string of the molecule is O=C(NC/C=C/c1ccccc1)c1ccccc1. The number of carbonyl (C=O) groups is 1. The van der Waals surface area contributed by atoms with E-state index in [0.29, 0.717) is 12.1 Å². The number of hydrogen-bond acceptors (Lipinski definition) is 1. The fourth-order valence-corrected chi connectivity index (χ4v) is 1.60. The highest BCUT2D eigenvalue weighted by Gasteiger charge is 2.00. The van der Waals surface area contributed by atoms with Crippen LogP contribution in [-0.4, -0.2) is 12.5 Å². The number of carbonyl (C=O) groups excluding carboxylic acids is 1. The van der Waals surface area contributed by atoms with Gasteiger partial charge in [-0.1, -0.05) is 60.7 Å². The molecule has 1 N–H and O–H groups in total. The van der Waals surface area contributed by atoms with Gasteiger partial charge < -0.3 is 5.32 Å². The van der Waals surface area contributed by atoms with Gasteiger partial charge in [-0.25, -0.2) is 0 Å². The van der Waals surface area contributed by atoms with Gasteiger partial charge in [0.05, 0.1) is 0 Å². The van der Waals surface area contributed by atoms with Gasteiger partial charge in [0.1, 0.15) is 0 Å². The molecule has 2 aromatic rings. The monoisotopic (exact) mass is 237 g/mol. The summed E-state index contributed by atoms with van der Waals surface area (Å²) >= 11 is 0. The van der Waals surface area contributed by atoms with Crippen LogP contribution in [-0.2, 0) is 0 Å². The van der Waals surface area contributed by atoms with Crippen LogP contribution in [0.25, 0.3) is 6.08 Å². The van der Waals surface area contributed by atoms with Crippen LogP contribution in [0.2, 0.25) is 0 Å². The molecule has 0 fully saturated rings. The van der Waals surface area contributed by atoms with Crippen LogP contribution < -0.4 is 5.32 Å². The topological polar surface area (TPSA) is 29.1 Å². The number of nitrogens with one attached hydrogen (secondary N) is 1. The summed E-state index contributed by atoms with van der Waals surface area (Å²) in [5.74, 6) is -0.0479. The first-order chi connectivity index (χ1) is 8.86. The van der Waals surface area contributed by atoms with E-state index in [4.69, 9.17) is 0 Å². The first-order valence-electron chi connectivity index (χ1n) is 5.91. The van der Waals surface area contributed by atoms with Crippen molar-refractivity contribution in [3.05, 3.63) is 77.9 Å². The third-order valence-electron chi connectivity index (χ3n) is 2.53. The second-order valence-electron chi connectivity index (χ2n) is 3.89. The van der Waals surface area contributed by atoms with Gasteiger partial charge in [0.15, 0.2) is 0 Å². The normalized spacial score (nSPS) is 10.4. The van der Waals surface area contributed by atoms with Crippen molar-refractivity contribution >= 4 is 12.0 Å². The summed E-state index contributed by atoms with van der Waals surface area (Å²) in [7, 11) is 0. The molecule has 2 nitrogen and oxygen atoms in total. The van der Waals surface area contributed by atoms with E-state index >= 15 is 0 Å². The lowest BCUT2D eigenvalue weighted by Crippen LogP contribution is -2.23. The Kier molecular flexibility index (Phi) is 4.31.